The standard InChI is InChI=1S/C9H10O.C3H6/c1-2-5-8-6-3-4-7-9(8)10;1-3-2/h2-4,6-7,10H,1,5H2;3H,1H2,2H3. The maximum Gasteiger partial charge on any atom is 0.119 e. The summed E-state index contributed by atoms with van der Waals surface area (Å²) in [6.45, 7) is 8.84. The van der Waals surface area contributed by atoms with E-state index in [4.69, 9.17) is 0 Å². The van der Waals surface area contributed by atoms with Gasteiger partial charge in [-0.3, -0.25) is 0 Å². The molecule has 1 aromatic rings. The van der Waals surface area contributed by atoms with E-state index in [1.54, 1.807) is 18.2 Å². The molecule has 0 fully saturated rings. The predicted octanol–water partition coefficient (Wildman–Crippen LogP) is 3.31. The van der Waals surface area contributed by atoms with Crippen molar-refractivity contribution in [2.45, 2.75) is 13.3 Å². The van der Waals surface area contributed by atoms with Gasteiger partial charge in [0.1, 0.15) is 5.75 Å². The third-order valence-electron chi connectivity index (χ3n) is 1.36. The van der Waals surface area contributed by atoms with Crippen LogP contribution in [0, 0.1) is 0 Å². The van der Waals surface area contributed by atoms with E-state index in [-0.39, 0.29) is 0 Å². The van der Waals surface area contributed by atoms with E-state index in [0.717, 1.165) is 12.0 Å². The van der Waals surface area contributed by atoms with Crippen molar-refractivity contribution in [3.05, 3.63) is 55.1 Å². The van der Waals surface area contributed by atoms with E-state index in [1.807, 2.05) is 25.1 Å². The Labute approximate surface area is 80.0 Å². The van der Waals surface area contributed by atoms with Gasteiger partial charge in [0.2, 0.25) is 0 Å². The van der Waals surface area contributed by atoms with Crippen LogP contribution in [0.15, 0.2) is 49.6 Å². The lowest BCUT2D eigenvalue weighted by Gasteiger charge is -1.97. The number of aromatic hydroxyl groups is 1. The molecular formula is C12H16O. The van der Waals surface area contributed by atoms with Crippen LogP contribution in [0.3, 0.4) is 0 Å². The summed E-state index contributed by atoms with van der Waals surface area (Å²) < 4.78 is 0. The number of allylic oxidation sites excluding steroid dienone is 2. The Balaban J connectivity index is 0.000000424. The van der Waals surface area contributed by atoms with Crippen LogP contribution in [-0.2, 0) is 6.42 Å². The van der Waals surface area contributed by atoms with Gasteiger partial charge in [-0.15, -0.1) is 13.2 Å². The molecule has 1 N–H and O–H groups in total. The lowest BCUT2D eigenvalue weighted by molar-refractivity contribution is 0.470. The summed E-state index contributed by atoms with van der Waals surface area (Å²) >= 11 is 0. The van der Waals surface area contributed by atoms with E-state index < -0.39 is 0 Å². The molecule has 0 unspecified atom stereocenters. The summed E-state index contributed by atoms with van der Waals surface area (Å²) in [6, 6.07) is 7.27. The first-order chi connectivity index (χ1) is 6.26. The second kappa shape index (κ2) is 7.17. The number of rotatable bonds is 2. The first-order valence-electron chi connectivity index (χ1n) is 4.21. The Hall–Kier alpha value is -1.50. The van der Waals surface area contributed by atoms with Crippen molar-refractivity contribution in [2.75, 3.05) is 0 Å². The van der Waals surface area contributed by atoms with Gasteiger partial charge in [0.05, 0.1) is 0 Å². The maximum absolute atomic E-state index is 9.19. The fraction of sp³-hybridized carbons (Fsp3) is 0.167. The summed E-state index contributed by atoms with van der Waals surface area (Å²) in [4.78, 5) is 0. The second-order valence-electron chi connectivity index (χ2n) is 2.53. The van der Waals surface area contributed by atoms with Crippen LogP contribution < -0.4 is 0 Å². The van der Waals surface area contributed by atoms with Crippen molar-refractivity contribution in [3.63, 3.8) is 0 Å². The van der Waals surface area contributed by atoms with Gasteiger partial charge in [-0.05, 0) is 25.0 Å². The van der Waals surface area contributed by atoms with Crippen LogP contribution in [0.4, 0.5) is 0 Å². The van der Waals surface area contributed by atoms with E-state index in [9.17, 15) is 5.11 Å². The Kier molecular flexibility index (Phi) is 6.34. The molecule has 0 heterocycles. The fourth-order valence-electron chi connectivity index (χ4n) is 0.839. The zero-order chi connectivity index (χ0) is 10.1. The monoisotopic (exact) mass is 176 g/mol. The van der Waals surface area contributed by atoms with Crippen molar-refractivity contribution in [3.8, 4) is 5.75 Å². The molecule has 1 nitrogen and oxygen atoms in total. The lowest BCUT2D eigenvalue weighted by atomic mass is 10.1. The summed E-state index contributed by atoms with van der Waals surface area (Å²) in [5.41, 5.74) is 0.928. The van der Waals surface area contributed by atoms with Crippen molar-refractivity contribution in [2.24, 2.45) is 0 Å². The molecule has 0 bridgehead atoms. The van der Waals surface area contributed by atoms with Crippen LogP contribution >= 0.6 is 0 Å². The van der Waals surface area contributed by atoms with E-state index in [1.165, 1.54) is 0 Å². The molecule has 0 aliphatic carbocycles. The third-order valence-corrected chi connectivity index (χ3v) is 1.36. The predicted molar refractivity (Wildman–Crippen MR) is 57.9 cm³/mol. The number of hydrogen-bond donors (Lipinski definition) is 1. The Morgan fingerprint density at radius 1 is 1.31 bits per heavy atom. The largest absolute Gasteiger partial charge is 0.508 e. The molecule has 0 spiro atoms. The Morgan fingerprint density at radius 2 is 1.85 bits per heavy atom. The van der Waals surface area contributed by atoms with Crippen molar-refractivity contribution < 1.29 is 5.11 Å². The summed E-state index contributed by atoms with van der Waals surface area (Å²) in [5, 5.41) is 9.19. The van der Waals surface area contributed by atoms with Gasteiger partial charge in [-0.25, -0.2) is 0 Å². The minimum absolute atomic E-state index is 0.349. The number of benzene rings is 1. The molecular weight excluding hydrogens is 160 g/mol. The highest BCUT2D eigenvalue weighted by Gasteiger charge is 1.93. The normalized spacial score (nSPS) is 8.08. The zero-order valence-electron chi connectivity index (χ0n) is 8.03. The Morgan fingerprint density at radius 3 is 2.31 bits per heavy atom. The molecule has 0 aromatic heterocycles. The van der Waals surface area contributed by atoms with Crippen LogP contribution in [0.25, 0.3) is 0 Å². The zero-order valence-corrected chi connectivity index (χ0v) is 8.03. The maximum atomic E-state index is 9.19. The van der Waals surface area contributed by atoms with Crippen molar-refractivity contribution in [1.82, 2.24) is 0 Å². The first kappa shape index (κ1) is 11.5. The van der Waals surface area contributed by atoms with Crippen LogP contribution in [0.2, 0.25) is 0 Å². The van der Waals surface area contributed by atoms with Crippen molar-refractivity contribution >= 4 is 0 Å². The van der Waals surface area contributed by atoms with E-state index in [2.05, 4.69) is 13.2 Å². The van der Waals surface area contributed by atoms with Gasteiger partial charge in [0.15, 0.2) is 0 Å². The molecule has 1 rings (SSSR count). The lowest BCUT2D eigenvalue weighted by Crippen LogP contribution is -1.79. The average molecular weight is 176 g/mol. The topological polar surface area (TPSA) is 20.2 Å². The quantitative estimate of drug-likeness (QED) is 0.685. The Bertz CT molecular complexity index is 264. The van der Waals surface area contributed by atoms with Crippen LogP contribution in [-0.4, -0.2) is 5.11 Å². The molecule has 1 aromatic carbocycles. The van der Waals surface area contributed by atoms with Crippen LogP contribution in [0.1, 0.15) is 12.5 Å². The number of phenols is 1. The molecule has 0 amide bonds. The summed E-state index contributed by atoms with van der Waals surface area (Å²) in [6.07, 6.45) is 4.25. The number of hydrogen-bond acceptors (Lipinski definition) is 1. The van der Waals surface area contributed by atoms with E-state index in [0.29, 0.717) is 5.75 Å². The fourth-order valence-corrected chi connectivity index (χ4v) is 0.839. The van der Waals surface area contributed by atoms with Crippen LogP contribution in [0.5, 0.6) is 5.75 Å². The summed E-state index contributed by atoms with van der Waals surface area (Å²) in [7, 11) is 0. The van der Waals surface area contributed by atoms with Gasteiger partial charge in [0.25, 0.3) is 0 Å². The van der Waals surface area contributed by atoms with Gasteiger partial charge < -0.3 is 5.11 Å². The molecule has 13 heavy (non-hydrogen) atoms. The molecule has 1 heteroatoms. The highest BCUT2D eigenvalue weighted by Crippen LogP contribution is 2.15. The smallest absolute Gasteiger partial charge is 0.119 e. The molecule has 0 saturated heterocycles. The number of phenolic OH excluding ortho intramolecular Hbond substituents is 1. The SMILES string of the molecule is C=CC.C=CCc1ccccc1O. The van der Waals surface area contributed by atoms with E-state index >= 15 is 0 Å². The summed E-state index contributed by atoms with van der Waals surface area (Å²) in [5.74, 6) is 0.349. The second-order valence-corrected chi connectivity index (χ2v) is 2.53. The number of para-hydroxylation sites is 1. The minimum atomic E-state index is 0.349. The average Bonchev–Trinajstić information content (AvgIpc) is 2.11. The molecule has 0 aliphatic heterocycles. The molecule has 0 radical (unpaired) electrons. The van der Waals surface area contributed by atoms with Gasteiger partial charge in [-0.2, -0.15) is 0 Å². The molecule has 0 aliphatic rings. The highest BCUT2D eigenvalue weighted by molar-refractivity contribution is 5.32. The van der Waals surface area contributed by atoms with Gasteiger partial charge in [0, 0.05) is 0 Å². The van der Waals surface area contributed by atoms with Gasteiger partial charge >= 0.3 is 0 Å². The van der Waals surface area contributed by atoms with Crippen molar-refractivity contribution in [1.29, 1.82) is 0 Å². The minimum Gasteiger partial charge on any atom is -0.508 e. The first-order valence-corrected chi connectivity index (χ1v) is 4.21. The third kappa shape index (κ3) is 4.86. The highest BCUT2D eigenvalue weighted by atomic mass is 16.3. The molecule has 0 atom stereocenters. The molecule has 70 valence electrons. The molecule has 0 saturated carbocycles. The van der Waals surface area contributed by atoms with Gasteiger partial charge in [-0.1, -0.05) is 30.4 Å².